The molecule has 40 heavy (non-hydrogen) atoms. The summed E-state index contributed by atoms with van der Waals surface area (Å²) < 4.78 is 0. The van der Waals surface area contributed by atoms with Crippen LogP contribution in [0.4, 0.5) is 0 Å². The van der Waals surface area contributed by atoms with Crippen LogP contribution in [0.25, 0.3) is 0 Å². The summed E-state index contributed by atoms with van der Waals surface area (Å²) in [6.07, 6.45) is 0. The molecule has 2 heteroatoms. The Morgan fingerprint density at radius 3 is 1.23 bits per heavy atom. The Bertz CT molecular complexity index is 1620. The summed E-state index contributed by atoms with van der Waals surface area (Å²) in [5, 5.41) is 23.8. The molecule has 5 aromatic carbocycles. The zero-order valence-electron chi connectivity index (χ0n) is 22.6. The second kappa shape index (κ2) is 11.5. The van der Waals surface area contributed by atoms with Gasteiger partial charge in [-0.05, 0) is 43.2 Å². The van der Waals surface area contributed by atoms with Gasteiger partial charge in [0.05, 0.1) is 0 Å². The zero-order valence-corrected chi connectivity index (χ0v) is 22.6. The Morgan fingerprint density at radius 2 is 0.825 bits per heavy atom. The number of aliphatic hydroxyl groups is 2. The molecule has 5 rings (SSSR count). The second-order valence-electron chi connectivity index (χ2n) is 9.86. The van der Waals surface area contributed by atoms with E-state index in [0.29, 0.717) is 22.3 Å². The fourth-order valence-corrected chi connectivity index (χ4v) is 4.91. The largest absolute Gasteiger partial charge is 0.369 e. The topological polar surface area (TPSA) is 40.5 Å². The van der Waals surface area contributed by atoms with Gasteiger partial charge < -0.3 is 10.2 Å². The Kier molecular flexibility index (Phi) is 7.68. The van der Waals surface area contributed by atoms with Gasteiger partial charge in [0.1, 0.15) is 0 Å². The van der Waals surface area contributed by atoms with Crippen molar-refractivity contribution in [3.63, 3.8) is 0 Å². The van der Waals surface area contributed by atoms with Crippen LogP contribution in [0.5, 0.6) is 0 Å². The summed E-state index contributed by atoms with van der Waals surface area (Å²) in [5.74, 6) is 12.7. The molecule has 0 spiro atoms. The molecule has 2 atom stereocenters. The molecule has 5 aromatic rings. The molecule has 0 radical (unpaired) electrons. The van der Waals surface area contributed by atoms with Gasteiger partial charge in [0.2, 0.25) is 0 Å². The van der Waals surface area contributed by atoms with Crippen molar-refractivity contribution >= 4 is 0 Å². The Balaban J connectivity index is 1.56. The van der Waals surface area contributed by atoms with E-state index in [0.717, 1.165) is 22.3 Å². The van der Waals surface area contributed by atoms with Crippen LogP contribution in [0.1, 0.15) is 44.5 Å². The summed E-state index contributed by atoms with van der Waals surface area (Å²) in [6, 6.07) is 42.1. The van der Waals surface area contributed by atoms with Crippen molar-refractivity contribution in [3.8, 4) is 23.7 Å². The molecule has 2 N–H and O–H groups in total. The van der Waals surface area contributed by atoms with Crippen LogP contribution >= 0.6 is 0 Å². The number of hydrogen-bond donors (Lipinski definition) is 2. The molecule has 0 fully saturated rings. The molecular formula is C38H30O2. The van der Waals surface area contributed by atoms with Crippen LogP contribution in [0, 0.1) is 37.5 Å². The van der Waals surface area contributed by atoms with Gasteiger partial charge in [-0.1, -0.05) is 139 Å². The highest BCUT2D eigenvalue weighted by atomic mass is 16.3. The van der Waals surface area contributed by atoms with Crippen molar-refractivity contribution in [2.75, 3.05) is 0 Å². The number of hydrogen-bond acceptors (Lipinski definition) is 2. The summed E-state index contributed by atoms with van der Waals surface area (Å²) in [5.41, 5.74) is 3.30. The Morgan fingerprint density at radius 1 is 0.450 bits per heavy atom. The van der Waals surface area contributed by atoms with E-state index in [2.05, 4.69) is 23.7 Å². The normalized spacial score (nSPS) is 13.5. The lowest BCUT2D eigenvalue weighted by Gasteiger charge is -2.25. The van der Waals surface area contributed by atoms with Gasteiger partial charge in [0.15, 0.2) is 11.2 Å². The monoisotopic (exact) mass is 518 g/mol. The lowest BCUT2D eigenvalue weighted by molar-refractivity contribution is 0.144. The maximum atomic E-state index is 11.9. The van der Waals surface area contributed by atoms with E-state index in [9.17, 15) is 10.2 Å². The van der Waals surface area contributed by atoms with Crippen LogP contribution in [-0.4, -0.2) is 10.2 Å². The fourth-order valence-electron chi connectivity index (χ4n) is 4.91. The molecule has 0 amide bonds. The van der Waals surface area contributed by atoms with E-state index in [4.69, 9.17) is 0 Å². The van der Waals surface area contributed by atoms with E-state index in [-0.39, 0.29) is 0 Å². The summed E-state index contributed by atoms with van der Waals surface area (Å²) in [4.78, 5) is 0. The Hall–Kier alpha value is -4.86. The smallest absolute Gasteiger partial charge is 0.177 e. The maximum absolute atomic E-state index is 11.9. The average molecular weight is 519 g/mol. The number of benzene rings is 5. The lowest BCUT2D eigenvalue weighted by Crippen LogP contribution is -2.26. The van der Waals surface area contributed by atoms with Gasteiger partial charge in [-0.2, -0.15) is 0 Å². The maximum Gasteiger partial charge on any atom is 0.177 e. The van der Waals surface area contributed by atoms with Gasteiger partial charge in [0, 0.05) is 33.4 Å². The first-order valence-electron chi connectivity index (χ1n) is 13.2. The molecule has 0 saturated carbocycles. The molecule has 0 aliphatic rings. The zero-order chi connectivity index (χ0) is 28.0. The van der Waals surface area contributed by atoms with Crippen molar-refractivity contribution in [3.05, 3.63) is 178 Å². The molecule has 2 nitrogen and oxygen atoms in total. The van der Waals surface area contributed by atoms with Crippen molar-refractivity contribution in [2.45, 2.75) is 25.0 Å². The highest BCUT2D eigenvalue weighted by Gasteiger charge is 2.31. The third kappa shape index (κ3) is 5.47. The molecule has 0 bridgehead atoms. The quantitative estimate of drug-likeness (QED) is 0.255. The van der Waals surface area contributed by atoms with Crippen LogP contribution in [-0.2, 0) is 11.2 Å². The van der Waals surface area contributed by atoms with Crippen molar-refractivity contribution in [1.29, 1.82) is 0 Å². The minimum atomic E-state index is -1.48. The van der Waals surface area contributed by atoms with Crippen molar-refractivity contribution in [2.24, 2.45) is 0 Å². The predicted molar refractivity (Wildman–Crippen MR) is 161 cm³/mol. The standard InChI is InChI=1S/C38H30O2/c1-29-14-9-11-22-35(29)37(39,33-18-5-3-6-19-33)26-24-31-16-13-17-32(28-31)25-27-38(40,34-20-7-4-8-21-34)36-23-12-10-15-30(36)2/h3-23,28,39-40H,1-2H3. The van der Waals surface area contributed by atoms with Gasteiger partial charge in [-0.15, -0.1) is 0 Å². The van der Waals surface area contributed by atoms with E-state index in [1.165, 1.54) is 0 Å². The molecule has 0 saturated heterocycles. The first kappa shape index (κ1) is 26.7. The van der Waals surface area contributed by atoms with Crippen LogP contribution in [0.3, 0.4) is 0 Å². The highest BCUT2D eigenvalue weighted by molar-refractivity contribution is 5.53. The molecule has 0 heterocycles. The minimum absolute atomic E-state index is 0.707. The predicted octanol–water partition coefficient (Wildman–Crippen LogP) is 6.88. The Labute approximate surface area is 236 Å². The van der Waals surface area contributed by atoms with Crippen molar-refractivity contribution < 1.29 is 10.2 Å². The summed E-state index contributed by atoms with van der Waals surface area (Å²) >= 11 is 0. The lowest BCUT2D eigenvalue weighted by atomic mass is 9.84. The van der Waals surface area contributed by atoms with E-state index in [1.54, 1.807) is 0 Å². The first-order chi connectivity index (χ1) is 19.4. The SMILES string of the molecule is Cc1ccccc1C(O)(C#Cc1cccc(C#CC(O)(c2ccccc2)c2ccccc2C)c1)c1ccccc1. The molecular weight excluding hydrogens is 488 g/mol. The fraction of sp³-hybridized carbons (Fsp3) is 0.105. The molecule has 194 valence electrons. The number of aryl methyl sites for hydroxylation is 2. The third-order valence-corrected chi connectivity index (χ3v) is 7.09. The van der Waals surface area contributed by atoms with E-state index < -0.39 is 11.2 Å². The average Bonchev–Trinajstić information content (AvgIpc) is 3.00. The molecule has 0 aromatic heterocycles. The summed E-state index contributed by atoms with van der Waals surface area (Å²) in [7, 11) is 0. The third-order valence-electron chi connectivity index (χ3n) is 7.09. The van der Waals surface area contributed by atoms with Crippen LogP contribution < -0.4 is 0 Å². The van der Waals surface area contributed by atoms with Crippen molar-refractivity contribution in [1.82, 2.24) is 0 Å². The van der Waals surface area contributed by atoms with E-state index >= 15 is 0 Å². The second-order valence-corrected chi connectivity index (χ2v) is 9.86. The summed E-state index contributed by atoms with van der Waals surface area (Å²) in [6.45, 7) is 3.95. The highest BCUT2D eigenvalue weighted by Crippen LogP contribution is 2.32. The first-order valence-corrected chi connectivity index (χ1v) is 13.2. The van der Waals surface area contributed by atoms with Gasteiger partial charge in [0.25, 0.3) is 0 Å². The molecule has 0 aliphatic carbocycles. The van der Waals surface area contributed by atoms with Gasteiger partial charge >= 0.3 is 0 Å². The van der Waals surface area contributed by atoms with Gasteiger partial charge in [-0.3, -0.25) is 0 Å². The van der Waals surface area contributed by atoms with Crippen LogP contribution in [0.15, 0.2) is 133 Å². The molecule has 2 unspecified atom stereocenters. The van der Waals surface area contributed by atoms with Crippen LogP contribution in [0.2, 0.25) is 0 Å². The van der Waals surface area contributed by atoms with Gasteiger partial charge in [-0.25, -0.2) is 0 Å². The van der Waals surface area contributed by atoms with E-state index in [1.807, 2.05) is 147 Å². The minimum Gasteiger partial charge on any atom is -0.369 e. The molecule has 0 aliphatic heterocycles. The number of rotatable bonds is 4.